The molecule has 3 rings (SSSR count). The van der Waals surface area contributed by atoms with E-state index in [-0.39, 0.29) is 17.2 Å². The van der Waals surface area contributed by atoms with Gasteiger partial charge in [0.1, 0.15) is 11.8 Å². The minimum atomic E-state index is -3.81. The third-order valence-corrected chi connectivity index (χ3v) is 7.23. The van der Waals surface area contributed by atoms with Crippen molar-refractivity contribution in [2.45, 2.75) is 19.4 Å². The molecule has 2 amide bonds. The number of hydrogen-bond donors (Lipinski definition) is 2. The Morgan fingerprint density at radius 3 is 2.18 bits per heavy atom. The number of amides is 2. The molecular formula is C28H33N3O7S. The zero-order valence-corrected chi connectivity index (χ0v) is 23.4. The van der Waals surface area contributed by atoms with Crippen LogP contribution in [-0.4, -0.2) is 60.4 Å². The van der Waals surface area contributed by atoms with Crippen molar-refractivity contribution in [3.8, 4) is 17.2 Å². The Balaban J connectivity index is 1.71. The second kappa shape index (κ2) is 13.0. The Bertz CT molecular complexity index is 1410. The van der Waals surface area contributed by atoms with Crippen molar-refractivity contribution >= 4 is 33.2 Å². The summed E-state index contributed by atoms with van der Waals surface area (Å²) in [5.41, 5.74) is 1.77. The fourth-order valence-corrected chi connectivity index (χ4v) is 5.19. The normalized spacial score (nSPS) is 11.7. The van der Waals surface area contributed by atoms with Crippen LogP contribution in [0.1, 0.15) is 22.8 Å². The maximum atomic E-state index is 13.2. The highest BCUT2D eigenvalue weighted by Crippen LogP contribution is 2.28. The van der Waals surface area contributed by atoms with Gasteiger partial charge in [0.2, 0.25) is 15.9 Å². The number of methoxy groups -OCH3 is 3. The molecule has 0 radical (unpaired) electrons. The van der Waals surface area contributed by atoms with Crippen molar-refractivity contribution in [1.29, 1.82) is 0 Å². The van der Waals surface area contributed by atoms with E-state index in [4.69, 9.17) is 14.2 Å². The number of nitrogens with one attached hydrogen (secondary N) is 2. The molecule has 0 bridgehead atoms. The molecule has 2 N–H and O–H groups in total. The third-order valence-electron chi connectivity index (χ3n) is 5.99. The number of benzene rings is 3. The Hall–Kier alpha value is -4.25. The summed E-state index contributed by atoms with van der Waals surface area (Å²) in [5, 5.41) is 5.57. The molecule has 0 unspecified atom stereocenters. The molecule has 11 heteroatoms. The summed E-state index contributed by atoms with van der Waals surface area (Å²) < 4.78 is 41.9. The van der Waals surface area contributed by atoms with Crippen LogP contribution in [0.25, 0.3) is 0 Å². The van der Waals surface area contributed by atoms with E-state index in [0.717, 1.165) is 16.1 Å². The topological polar surface area (TPSA) is 123 Å². The largest absolute Gasteiger partial charge is 0.497 e. The molecule has 0 aliphatic rings. The van der Waals surface area contributed by atoms with Crippen molar-refractivity contribution in [2.24, 2.45) is 0 Å². The minimum Gasteiger partial charge on any atom is -0.497 e. The van der Waals surface area contributed by atoms with E-state index in [0.29, 0.717) is 35.9 Å². The first kappa shape index (κ1) is 29.3. The van der Waals surface area contributed by atoms with E-state index in [2.05, 4.69) is 10.6 Å². The predicted molar refractivity (Wildman–Crippen MR) is 150 cm³/mol. The van der Waals surface area contributed by atoms with Gasteiger partial charge in [-0.1, -0.05) is 18.2 Å². The first-order chi connectivity index (χ1) is 18.6. The Morgan fingerprint density at radius 1 is 0.897 bits per heavy atom. The van der Waals surface area contributed by atoms with Gasteiger partial charge in [-0.25, -0.2) is 8.42 Å². The quantitative estimate of drug-likeness (QED) is 0.351. The van der Waals surface area contributed by atoms with Crippen LogP contribution in [-0.2, 0) is 21.2 Å². The van der Waals surface area contributed by atoms with Crippen molar-refractivity contribution < 1.29 is 32.2 Å². The molecular weight excluding hydrogens is 522 g/mol. The maximum Gasteiger partial charge on any atom is 0.253 e. The van der Waals surface area contributed by atoms with Crippen LogP contribution in [0.3, 0.4) is 0 Å². The van der Waals surface area contributed by atoms with Crippen LogP contribution in [0, 0.1) is 0 Å². The summed E-state index contributed by atoms with van der Waals surface area (Å²) in [6, 6.07) is 17.3. The zero-order chi connectivity index (χ0) is 28.6. The standard InChI is InChI=1S/C28H33N3O7S/c1-19(31(39(5,34)35)21-11-13-22(36-2)14-12-21)27(32)30-24-9-7-6-8-23(24)28(33)29-17-16-20-10-15-25(37-3)26(18-20)38-4/h6-15,18-19H,16-17H2,1-5H3,(H,29,33)(H,30,32)/t19-/m1/s1. The fraction of sp³-hybridized carbons (Fsp3) is 0.286. The number of carbonyl (C=O) groups is 2. The highest BCUT2D eigenvalue weighted by molar-refractivity contribution is 7.92. The lowest BCUT2D eigenvalue weighted by atomic mass is 10.1. The molecule has 39 heavy (non-hydrogen) atoms. The molecule has 208 valence electrons. The van der Waals surface area contributed by atoms with Gasteiger partial charge >= 0.3 is 0 Å². The number of rotatable bonds is 12. The fourth-order valence-electron chi connectivity index (χ4n) is 4.02. The molecule has 0 aliphatic heterocycles. The average Bonchev–Trinajstić information content (AvgIpc) is 2.92. The summed E-state index contributed by atoms with van der Waals surface area (Å²) in [4.78, 5) is 26.2. The van der Waals surface area contributed by atoms with Gasteiger partial charge in [0.25, 0.3) is 5.91 Å². The van der Waals surface area contributed by atoms with Gasteiger partial charge in [-0.05, 0) is 67.4 Å². The van der Waals surface area contributed by atoms with Crippen LogP contribution in [0.5, 0.6) is 17.2 Å². The Morgan fingerprint density at radius 2 is 1.56 bits per heavy atom. The van der Waals surface area contributed by atoms with E-state index in [9.17, 15) is 18.0 Å². The number of anilines is 2. The van der Waals surface area contributed by atoms with Gasteiger partial charge in [0, 0.05) is 6.54 Å². The van der Waals surface area contributed by atoms with Crippen molar-refractivity contribution in [3.05, 3.63) is 77.9 Å². The van der Waals surface area contributed by atoms with E-state index >= 15 is 0 Å². The van der Waals surface area contributed by atoms with E-state index in [1.54, 1.807) is 68.8 Å². The van der Waals surface area contributed by atoms with Gasteiger partial charge in [0.05, 0.1) is 44.5 Å². The van der Waals surface area contributed by atoms with Gasteiger partial charge in [-0.2, -0.15) is 0 Å². The van der Waals surface area contributed by atoms with Crippen LogP contribution in [0.2, 0.25) is 0 Å². The second-order valence-corrected chi connectivity index (χ2v) is 10.5. The van der Waals surface area contributed by atoms with Gasteiger partial charge in [-0.3, -0.25) is 13.9 Å². The first-order valence-corrected chi connectivity index (χ1v) is 14.0. The Labute approximate surface area is 228 Å². The summed E-state index contributed by atoms with van der Waals surface area (Å²) in [5.74, 6) is 0.790. The minimum absolute atomic E-state index is 0.251. The van der Waals surface area contributed by atoms with Crippen LogP contribution in [0.4, 0.5) is 11.4 Å². The van der Waals surface area contributed by atoms with Gasteiger partial charge in [-0.15, -0.1) is 0 Å². The van der Waals surface area contributed by atoms with Gasteiger partial charge in [0.15, 0.2) is 11.5 Å². The lowest BCUT2D eigenvalue weighted by Crippen LogP contribution is -2.45. The SMILES string of the molecule is COc1ccc(N([C@H](C)C(=O)Nc2ccccc2C(=O)NCCc2ccc(OC)c(OC)c2)S(C)(=O)=O)cc1. The number of sulfonamides is 1. The average molecular weight is 556 g/mol. The molecule has 0 spiro atoms. The molecule has 0 saturated carbocycles. The molecule has 0 aromatic heterocycles. The lowest BCUT2D eigenvalue weighted by molar-refractivity contribution is -0.116. The van der Waals surface area contributed by atoms with Crippen molar-refractivity contribution in [2.75, 3.05) is 43.8 Å². The molecule has 3 aromatic carbocycles. The predicted octanol–water partition coefficient (Wildman–Crippen LogP) is 3.48. The molecule has 10 nitrogen and oxygen atoms in total. The highest BCUT2D eigenvalue weighted by atomic mass is 32.2. The summed E-state index contributed by atoms with van der Waals surface area (Å²) in [6.45, 7) is 1.82. The number of hydrogen-bond acceptors (Lipinski definition) is 7. The smallest absolute Gasteiger partial charge is 0.253 e. The Kier molecular flexibility index (Phi) is 9.78. The molecule has 0 aliphatic carbocycles. The number of para-hydroxylation sites is 1. The van der Waals surface area contributed by atoms with E-state index in [1.165, 1.54) is 14.0 Å². The van der Waals surface area contributed by atoms with Crippen LogP contribution >= 0.6 is 0 Å². The first-order valence-electron chi connectivity index (χ1n) is 12.1. The molecule has 1 atom stereocenters. The number of carbonyl (C=O) groups excluding carboxylic acids is 2. The zero-order valence-electron chi connectivity index (χ0n) is 22.6. The maximum absolute atomic E-state index is 13.2. The molecule has 3 aromatic rings. The highest BCUT2D eigenvalue weighted by Gasteiger charge is 2.30. The van der Waals surface area contributed by atoms with Crippen LogP contribution < -0.4 is 29.1 Å². The van der Waals surface area contributed by atoms with Crippen molar-refractivity contribution in [1.82, 2.24) is 5.32 Å². The lowest BCUT2D eigenvalue weighted by Gasteiger charge is -2.28. The van der Waals surface area contributed by atoms with Gasteiger partial charge < -0.3 is 24.8 Å². The number of ether oxygens (including phenoxy) is 3. The van der Waals surface area contributed by atoms with Crippen LogP contribution in [0.15, 0.2) is 66.7 Å². The second-order valence-electron chi connectivity index (χ2n) is 8.66. The molecule has 0 saturated heterocycles. The van der Waals surface area contributed by atoms with E-state index in [1.807, 2.05) is 12.1 Å². The summed E-state index contributed by atoms with van der Waals surface area (Å²) in [6.07, 6.45) is 1.57. The van der Waals surface area contributed by atoms with Crippen molar-refractivity contribution in [3.63, 3.8) is 0 Å². The third kappa shape index (κ3) is 7.41. The monoisotopic (exact) mass is 555 g/mol. The molecule has 0 fully saturated rings. The number of nitrogens with zero attached hydrogens (tertiary/aromatic N) is 1. The molecule has 0 heterocycles. The van der Waals surface area contributed by atoms with E-state index < -0.39 is 22.0 Å². The summed E-state index contributed by atoms with van der Waals surface area (Å²) >= 11 is 0. The summed E-state index contributed by atoms with van der Waals surface area (Å²) in [7, 11) is 0.810.